The van der Waals surface area contributed by atoms with Crippen molar-refractivity contribution < 1.29 is 0 Å². The van der Waals surface area contributed by atoms with Gasteiger partial charge in [0.2, 0.25) is 5.28 Å². The maximum absolute atomic E-state index is 5.54. The molecule has 1 heterocycles. The van der Waals surface area contributed by atoms with Gasteiger partial charge >= 0.3 is 0 Å². The SMILES string of the molecule is CC(C)(C)c1cnc(Cl)nc1. The fourth-order valence-corrected chi connectivity index (χ4v) is 0.797. The highest BCUT2D eigenvalue weighted by molar-refractivity contribution is 6.28. The summed E-state index contributed by atoms with van der Waals surface area (Å²) in [6, 6.07) is 0. The lowest BCUT2D eigenvalue weighted by Crippen LogP contribution is -2.11. The van der Waals surface area contributed by atoms with E-state index in [1.807, 2.05) is 0 Å². The molecule has 0 aromatic carbocycles. The minimum Gasteiger partial charge on any atom is -0.226 e. The number of rotatable bonds is 0. The largest absolute Gasteiger partial charge is 0.226 e. The first-order valence-electron chi connectivity index (χ1n) is 3.48. The van der Waals surface area contributed by atoms with Crippen LogP contribution in [0.5, 0.6) is 0 Å². The van der Waals surface area contributed by atoms with Crippen LogP contribution in [0.25, 0.3) is 0 Å². The zero-order valence-corrected chi connectivity index (χ0v) is 7.68. The summed E-state index contributed by atoms with van der Waals surface area (Å²) in [7, 11) is 0. The zero-order chi connectivity index (χ0) is 8.48. The van der Waals surface area contributed by atoms with Crippen LogP contribution >= 0.6 is 11.6 Å². The molecule has 1 rings (SSSR count). The first-order chi connectivity index (χ1) is 5.00. The Hall–Kier alpha value is -0.630. The first kappa shape index (κ1) is 8.47. The first-order valence-corrected chi connectivity index (χ1v) is 3.86. The molecule has 3 heteroatoms. The molecule has 0 aliphatic rings. The molecule has 2 nitrogen and oxygen atoms in total. The molecule has 0 fully saturated rings. The molecule has 1 aromatic rings. The van der Waals surface area contributed by atoms with Gasteiger partial charge in [-0.3, -0.25) is 0 Å². The Morgan fingerprint density at radius 1 is 1.18 bits per heavy atom. The normalized spacial score (nSPS) is 11.6. The summed E-state index contributed by atoms with van der Waals surface area (Å²) in [5.41, 5.74) is 1.20. The summed E-state index contributed by atoms with van der Waals surface area (Å²) in [6.07, 6.45) is 3.52. The Labute approximate surface area is 71.6 Å². The smallest absolute Gasteiger partial charge is 0.222 e. The van der Waals surface area contributed by atoms with Crippen LogP contribution in [-0.2, 0) is 5.41 Å². The van der Waals surface area contributed by atoms with E-state index >= 15 is 0 Å². The molecule has 0 aliphatic carbocycles. The number of halogens is 1. The van der Waals surface area contributed by atoms with E-state index < -0.39 is 0 Å². The van der Waals surface area contributed by atoms with E-state index in [0.29, 0.717) is 5.28 Å². The average molecular weight is 171 g/mol. The fourth-order valence-electron chi connectivity index (χ4n) is 0.700. The molecule has 0 radical (unpaired) electrons. The maximum Gasteiger partial charge on any atom is 0.222 e. The lowest BCUT2D eigenvalue weighted by molar-refractivity contribution is 0.584. The molecule has 0 saturated heterocycles. The summed E-state index contributed by atoms with van der Waals surface area (Å²) in [4.78, 5) is 7.80. The molecule has 11 heavy (non-hydrogen) atoms. The Balaban J connectivity index is 2.99. The van der Waals surface area contributed by atoms with Gasteiger partial charge in [0.15, 0.2) is 0 Å². The van der Waals surface area contributed by atoms with E-state index in [4.69, 9.17) is 11.6 Å². The summed E-state index contributed by atoms with van der Waals surface area (Å²) < 4.78 is 0. The van der Waals surface area contributed by atoms with Crippen LogP contribution in [0.3, 0.4) is 0 Å². The highest BCUT2D eigenvalue weighted by atomic mass is 35.5. The standard InChI is InChI=1S/C8H11ClN2/c1-8(2,3)6-4-10-7(9)11-5-6/h4-5H,1-3H3. The van der Waals surface area contributed by atoms with Crippen LogP contribution in [0.1, 0.15) is 26.3 Å². The van der Waals surface area contributed by atoms with E-state index in [2.05, 4.69) is 30.7 Å². The zero-order valence-electron chi connectivity index (χ0n) is 6.93. The van der Waals surface area contributed by atoms with Crippen LogP contribution in [0.4, 0.5) is 0 Å². The molecule has 0 amide bonds. The van der Waals surface area contributed by atoms with Gasteiger partial charge in [-0.05, 0) is 22.6 Å². The third kappa shape index (κ3) is 2.15. The van der Waals surface area contributed by atoms with E-state index in [0.717, 1.165) is 5.56 Å². The Morgan fingerprint density at radius 2 is 1.64 bits per heavy atom. The highest BCUT2D eigenvalue weighted by Crippen LogP contribution is 2.20. The number of aromatic nitrogens is 2. The third-order valence-corrected chi connectivity index (χ3v) is 1.68. The van der Waals surface area contributed by atoms with Crippen molar-refractivity contribution in [3.05, 3.63) is 23.2 Å². The fraction of sp³-hybridized carbons (Fsp3) is 0.500. The van der Waals surface area contributed by atoms with Gasteiger partial charge < -0.3 is 0 Å². The number of nitrogens with zero attached hydrogens (tertiary/aromatic N) is 2. The minimum atomic E-state index is 0.102. The van der Waals surface area contributed by atoms with Gasteiger partial charge in [0.1, 0.15) is 0 Å². The molecular weight excluding hydrogens is 160 g/mol. The molecule has 0 aliphatic heterocycles. The molecule has 60 valence electrons. The van der Waals surface area contributed by atoms with E-state index in [1.54, 1.807) is 12.4 Å². The van der Waals surface area contributed by atoms with E-state index in [9.17, 15) is 0 Å². The van der Waals surface area contributed by atoms with Crippen molar-refractivity contribution in [1.29, 1.82) is 0 Å². The average Bonchev–Trinajstić information content (AvgIpc) is 1.86. The van der Waals surface area contributed by atoms with Gasteiger partial charge in [-0.2, -0.15) is 0 Å². The van der Waals surface area contributed by atoms with Crippen molar-refractivity contribution in [2.45, 2.75) is 26.2 Å². The van der Waals surface area contributed by atoms with Crippen LogP contribution in [0.2, 0.25) is 5.28 Å². The van der Waals surface area contributed by atoms with Crippen molar-refractivity contribution in [3.63, 3.8) is 0 Å². The number of hydrogen-bond donors (Lipinski definition) is 0. The molecule has 0 atom stereocenters. The predicted octanol–water partition coefficient (Wildman–Crippen LogP) is 2.43. The monoisotopic (exact) mass is 170 g/mol. The second kappa shape index (κ2) is 2.78. The Bertz CT molecular complexity index is 235. The quantitative estimate of drug-likeness (QED) is 0.559. The van der Waals surface area contributed by atoms with Gasteiger partial charge in [-0.15, -0.1) is 0 Å². The Morgan fingerprint density at radius 3 is 2.00 bits per heavy atom. The second-order valence-corrected chi connectivity index (χ2v) is 3.83. The van der Waals surface area contributed by atoms with Crippen LogP contribution < -0.4 is 0 Å². The van der Waals surface area contributed by atoms with Crippen molar-refractivity contribution in [1.82, 2.24) is 9.97 Å². The van der Waals surface area contributed by atoms with Crippen LogP contribution in [0, 0.1) is 0 Å². The van der Waals surface area contributed by atoms with Crippen molar-refractivity contribution in [2.24, 2.45) is 0 Å². The molecule has 0 unspecified atom stereocenters. The van der Waals surface area contributed by atoms with Gasteiger partial charge in [0.05, 0.1) is 0 Å². The lowest BCUT2D eigenvalue weighted by Gasteiger charge is -2.17. The van der Waals surface area contributed by atoms with Crippen molar-refractivity contribution >= 4 is 11.6 Å². The summed E-state index contributed by atoms with van der Waals surface area (Å²) in [6.45, 7) is 6.33. The predicted molar refractivity (Wildman–Crippen MR) is 45.7 cm³/mol. The van der Waals surface area contributed by atoms with Crippen molar-refractivity contribution in [3.8, 4) is 0 Å². The highest BCUT2D eigenvalue weighted by Gasteiger charge is 2.13. The minimum absolute atomic E-state index is 0.102. The van der Waals surface area contributed by atoms with Crippen molar-refractivity contribution in [2.75, 3.05) is 0 Å². The topological polar surface area (TPSA) is 25.8 Å². The number of hydrogen-bond acceptors (Lipinski definition) is 2. The van der Waals surface area contributed by atoms with Gasteiger partial charge in [0.25, 0.3) is 0 Å². The molecule has 0 bridgehead atoms. The molecule has 0 N–H and O–H groups in total. The molecule has 0 spiro atoms. The molecule has 1 aromatic heterocycles. The summed E-state index contributed by atoms with van der Waals surface area (Å²) in [5, 5.41) is 0.304. The van der Waals surface area contributed by atoms with E-state index in [1.165, 1.54) is 0 Å². The third-order valence-electron chi connectivity index (χ3n) is 1.49. The van der Waals surface area contributed by atoms with Crippen LogP contribution in [-0.4, -0.2) is 9.97 Å². The van der Waals surface area contributed by atoms with E-state index in [-0.39, 0.29) is 5.41 Å². The Kier molecular flexibility index (Phi) is 2.14. The van der Waals surface area contributed by atoms with Gasteiger partial charge in [-0.1, -0.05) is 20.8 Å². The van der Waals surface area contributed by atoms with Crippen LogP contribution in [0.15, 0.2) is 12.4 Å². The lowest BCUT2D eigenvalue weighted by atomic mass is 9.89. The second-order valence-electron chi connectivity index (χ2n) is 3.49. The molecule has 0 saturated carbocycles. The molecular formula is C8H11ClN2. The summed E-state index contributed by atoms with van der Waals surface area (Å²) in [5.74, 6) is 0. The van der Waals surface area contributed by atoms with Gasteiger partial charge in [-0.25, -0.2) is 9.97 Å². The summed E-state index contributed by atoms with van der Waals surface area (Å²) >= 11 is 5.54. The maximum atomic E-state index is 5.54. The van der Waals surface area contributed by atoms with Gasteiger partial charge in [0, 0.05) is 12.4 Å².